The van der Waals surface area contributed by atoms with Crippen LogP contribution in [-0.2, 0) is 10.0 Å². The van der Waals surface area contributed by atoms with Gasteiger partial charge in [-0.3, -0.25) is 0 Å². The van der Waals surface area contributed by atoms with Crippen molar-refractivity contribution in [3.8, 4) is 21.7 Å². The van der Waals surface area contributed by atoms with Crippen LogP contribution >= 0.6 is 11.3 Å². The number of hydrogen-bond donors (Lipinski definition) is 1. The molecule has 0 aliphatic carbocycles. The number of hydrogen-bond acceptors (Lipinski definition) is 5. The van der Waals surface area contributed by atoms with Gasteiger partial charge < -0.3 is 0 Å². The summed E-state index contributed by atoms with van der Waals surface area (Å²) in [6.45, 7) is 1.92. The number of nitrogens with one attached hydrogen (secondary N) is 1. The van der Waals surface area contributed by atoms with Crippen LogP contribution < -0.4 is 4.72 Å². The van der Waals surface area contributed by atoms with Crippen molar-refractivity contribution in [2.45, 2.75) is 11.8 Å². The van der Waals surface area contributed by atoms with Gasteiger partial charge in [0.1, 0.15) is 10.0 Å². The van der Waals surface area contributed by atoms with E-state index in [2.05, 4.69) is 14.9 Å². The molecule has 5 nitrogen and oxygen atoms in total. The summed E-state index contributed by atoms with van der Waals surface area (Å²) >= 11 is 1.53. The molecule has 0 spiro atoms. The van der Waals surface area contributed by atoms with Crippen molar-refractivity contribution in [3.63, 3.8) is 0 Å². The Morgan fingerprint density at radius 3 is 2.17 bits per heavy atom. The molecule has 3 rings (SSSR count). The first kappa shape index (κ1) is 15.8. The summed E-state index contributed by atoms with van der Waals surface area (Å²) in [5, 5.41) is 10.0. The zero-order valence-electron chi connectivity index (χ0n) is 12.6. The molecule has 0 amide bonds. The molecule has 0 aliphatic heterocycles. The summed E-state index contributed by atoms with van der Waals surface area (Å²) in [5.41, 5.74) is 2.92. The molecule has 0 saturated carbocycles. The van der Waals surface area contributed by atoms with E-state index in [0.717, 1.165) is 26.7 Å². The molecule has 23 heavy (non-hydrogen) atoms. The maximum atomic E-state index is 11.8. The van der Waals surface area contributed by atoms with Crippen LogP contribution in [0.3, 0.4) is 0 Å². The summed E-state index contributed by atoms with van der Waals surface area (Å²) in [5.74, 6) is 0. The number of sulfonamides is 1. The van der Waals surface area contributed by atoms with Crippen LogP contribution in [0, 0.1) is 6.92 Å². The van der Waals surface area contributed by atoms with Crippen LogP contribution in [0.15, 0.2) is 53.4 Å². The first-order valence-corrected chi connectivity index (χ1v) is 9.25. The average molecular weight is 345 g/mol. The van der Waals surface area contributed by atoms with Gasteiger partial charge in [-0.05, 0) is 37.2 Å². The standard InChI is InChI=1S/C16H15N3O2S2/c1-11-18-19-16(22-11)15-6-4-3-5-14(15)12-7-9-13(10-8-12)23(20,21)17-2/h3-10,17H,1-2H3. The van der Waals surface area contributed by atoms with Gasteiger partial charge in [-0.25, -0.2) is 13.1 Å². The third-order valence-electron chi connectivity index (χ3n) is 3.43. The molecule has 1 aromatic heterocycles. The highest BCUT2D eigenvalue weighted by Gasteiger charge is 2.13. The fourth-order valence-corrected chi connectivity index (χ4v) is 3.72. The van der Waals surface area contributed by atoms with Crippen molar-refractivity contribution in [2.75, 3.05) is 7.05 Å². The van der Waals surface area contributed by atoms with Gasteiger partial charge in [0.05, 0.1) is 4.90 Å². The Kier molecular flexibility index (Phi) is 4.25. The van der Waals surface area contributed by atoms with Crippen LogP contribution in [0.1, 0.15) is 5.01 Å². The normalized spacial score (nSPS) is 11.6. The number of aromatic nitrogens is 2. The smallest absolute Gasteiger partial charge is 0.214 e. The van der Waals surface area contributed by atoms with Gasteiger partial charge in [-0.2, -0.15) is 0 Å². The predicted molar refractivity (Wildman–Crippen MR) is 91.8 cm³/mol. The summed E-state index contributed by atoms with van der Waals surface area (Å²) in [6.07, 6.45) is 0. The van der Waals surface area contributed by atoms with Crippen LogP contribution in [0.5, 0.6) is 0 Å². The summed E-state index contributed by atoms with van der Waals surface area (Å²) in [6, 6.07) is 14.7. The Labute approximate surface area is 139 Å². The largest absolute Gasteiger partial charge is 0.240 e. The zero-order chi connectivity index (χ0) is 16.4. The maximum Gasteiger partial charge on any atom is 0.240 e. The fraction of sp³-hybridized carbons (Fsp3) is 0.125. The maximum absolute atomic E-state index is 11.8. The minimum absolute atomic E-state index is 0.244. The summed E-state index contributed by atoms with van der Waals surface area (Å²) < 4.78 is 25.9. The predicted octanol–water partition coefficient (Wildman–Crippen LogP) is 3.09. The number of benzene rings is 2. The first-order valence-electron chi connectivity index (χ1n) is 6.95. The van der Waals surface area contributed by atoms with Gasteiger partial charge in [0, 0.05) is 5.56 Å². The number of aryl methyl sites for hydroxylation is 1. The lowest BCUT2D eigenvalue weighted by Crippen LogP contribution is -2.18. The van der Waals surface area contributed by atoms with E-state index in [1.807, 2.05) is 31.2 Å². The monoisotopic (exact) mass is 345 g/mol. The van der Waals surface area contributed by atoms with E-state index in [-0.39, 0.29) is 4.90 Å². The highest BCUT2D eigenvalue weighted by atomic mass is 32.2. The molecule has 2 aromatic carbocycles. The summed E-state index contributed by atoms with van der Waals surface area (Å²) in [4.78, 5) is 0.244. The van der Waals surface area contributed by atoms with Crippen LogP contribution in [0.2, 0.25) is 0 Å². The van der Waals surface area contributed by atoms with Crippen molar-refractivity contribution in [2.24, 2.45) is 0 Å². The molecule has 0 saturated heterocycles. The number of rotatable bonds is 4. The molecule has 1 N–H and O–H groups in total. The highest BCUT2D eigenvalue weighted by Crippen LogP contribution is 2.33. The van der Waals surface area contributed by atoms with Gasteiger partial charge in [0.25, 0.3) is 0 Å². The lowest BCUT2D eigenvalue weighted by molar-refractivity contribution is 0.588. The molecule has 3 aromatic rings. The Balaban J connectivity index is 2.06. The minimum atomic E-state index is -3.43. The van der Waals surface area contributed by atoms with Gasteiger partial charge in [0.15, 0.2) is 0 Å². The van der Waals surface area contributed by atoms with E-state index in [0.29, 0.717) is 0 Å². The van der Waals surface area contributed by atoms with Crippen molar-refractivity contribution in [1.82, 2.24) is 14.9 Å². The Morgan fingerprint density at radius 2 is 1.61 bits per heavy atom. The fourth-order valence-electron chi connectivity index (χ4n) is 2.26. The highest BCUT2D eigenvalue weighted by molar-refractivity contribution is 7.89. The van der Waals surface area contributed by atoms with Crippen LogP contribution in [0.4, 0.5) is 0 Å². The van der Waals surface area contributed by atoms with Crippen LogP contribution in [0.25, 0.3) is 21.7 Å². The molecule has 1 heterocycles. The second kappa shape index (κ2) is 6.19. The Hall–Kier alpha value is -2.09. The lowest BCUT2D eigenvalue weighted by atomic mass is 10.0. The molecule has 7 heteroatoms. The molecule has 0 fully saturated rings. The quantitative estimate of drug-likeness (QED) is 0.789. The third-order valence-corrected chi connectivity index (χ3v) is 5.73. The second-order valence-electron chi connectivity index (χ2n) is 4.90. The summed E-state index contributed by atoms with van der Waals surface area (Å²) in [7, 11) is -2.03. The zero-order valence-corrected chi connectivity index (χ0v) is 14.3. The molecule has 0 atom stereocenters. The third kappa shape index (κ3) is 3.17. The van der Waals surface area contributed by atoms with Crippen molar-refractivity contribution < 1.29 is 8.42 Å². The van der Waals surface area contributed by atoms with Gasteiger partial charge in [0.2, 0.25) is 10.0 Å². The van der Waals surface area contributed by atoms with E-state index < -0.39 is 10.0 Å². The molecule has 0 unspecified atom stereocenters. The second-order valence-corrected chi connectivity index (χ2v) is 7.97. The van der Waals surface area contributed by atoms with E-state index >= 15 is 0 Å². The molecule has 118 valence electrons. The lowest BCUT2D eigenvalue weighted by Gasteiger charge is -2.08. The Morgan fingerprint density at radius 1 is 0.957 bits per heavy atom. The molecular weight excluding hydrogens is 330 g/mol. The van der Waals surface area contributed by atoms with Crippen molar-refractivity contribution >= 4 is 21.4 Å². The van der Waals surface area contributed by atoms with Gasteiger partial charge >= 0.3 is 0 Å². The van der Waals surface area contributed by atoms with E-state index in [4.69, 9.17) is 0 Å². The van der Waals surface area contributed by atoms with E-state index in [1.54, 1.807) is 24.3 Å². The van der Waals surface area contributed by atoms with Gasteiger partial charge in [-0.15, -0.1) is 10.2 Å². The number of nitrogens with zero attached hydrogens (tertiary/aromatic N) is 2. The molecular formula is C16H15N3O2S2. The molecule has 0 bridgehead atoms. The minimum Gasteiger partial charge on any atom is -0.214 e. The molecule has 0 radical (unpaired) electrons. The van der Waals surface area contributed by atoms with Crippen molar-refractivity contribution in [1.29, 1.82) is 0 Å². The first-order chi connectivity index (χ1) is 11.0. The van der Waals surface area contributed by atoms with E-state index in [9.17, 15) is 8.42 Å². The SMILES string of the molecule is CNS(=O)(=O)c1ccc(-c2ccccc2-c2nnc(C)s2)cc1. The Bertz CT molecular complexity index is 932. The topological polar surface area (TPSA) is 72.0 Å². The van der Waals surface area contributed by atoms with Crippen LogP contribution in [-0.4, -0.2) is 25.7 Å². The van der Waals surface area contributed by atoms with Gasteiger partial charge in [-0.1, -0.05) is 47.7 Å². The van der Waals surface area contributed by atoms with Crippen molar-refractivity contribution in [3.05, 3.63) is 53.5 Å². The molecule has 0 aliphatic rings. The van der Waals surface area contributed by atoms with E-state index in [1.165, 1.54) is 18.4 Å². The average Bonchev–Trinajstić information content (AvgIpc) is 3.01.